The lowest BCUT2D eigenvalue weighted by molar-refractivity contribution is -0.127. The molecule has 2 heterocycles. The third-order valence-corrected chi connectivity index (χ3v) is 7.45. The molecule has 1 aromatic carbocycles. The minimum absolute atomic E-state index is 0.153. The van der Waals surface area contributed by atoms with Gasteiger partial charge in [0.05, 0.1) is 22.3 Å². The summed E-state index contributed by atoms with van der Waals surface area (Å²) in [6.45, 7) is 3.88. The van der Waals surface area contributed by atoms with Crippen LogP contribution in [0.4, 0.5) is 0 Å². The Labute approximate surface area is 189 Å². The highest BCUT2D eigenvalue weighted by atomic mass is 16.5. The Kier molecular flexibility index (Phi) is 6.03. The van der Waals surface area contributed by atoms with E-state index >= 15 is 0 Å². The quantitative estimate of drug-likeness (QED) is 0.544. The Morgan fingerprint density at radius 2 is 1.72 bits per heavy atom. The van der Waals surface area contributed by atoms with Gasteiger partial charge in [-0.3, -0.25) is 4.79 Å². The number of rotatable bonds is 5. The molecule has 2 saturated carbocycles. The number of aromatic nitrogens is 3. The van der Waals surface area contributed by atoms with Crippen LogP contribution in [0.25, 0.3) is 22.4 Å². The molecule has 0 radical (unpaired) electrons. The molecule has 170 valence electrons. The average Bonchev–Trinajstić information content (AvgIpc) is 3.34. The number of benzene rings is 1. The number of para-hydroxylation sites is 2. The predicted octanol–water partition coefficient (Wildman–Crippen LogP) is 5.88. The first kappa shape index (κ1) is 21.2. The molecular weight excluding hydrogens is 400 g/mol. The van der Waals surface area contributed by atoms with Gasteiger partial charge in [0.1, 0.15) is 17.6 Å². The van der Waals surface area contributed by atoms with Crippen molar-refractivity contribution in [2.75, 3.05) is 0 Å². The summed E-state index contributed by atoms with van der Waals surface area (Å²) >= 11 is 0. The summed E-state index contributed by atoms with van der Waals surface area (Å²) in [5.41, 5.74) is 3.65. The zero-order valence-electron chi connectivity index (χ0n) is 19.3. The number of aryl methyl sites for hydroxylation is 2. The molecule has 5 rings (SSSR count). The van der Waals surface area contributed by atoms with E-state index in [4.69, 9.17) is 9.51 Å². The number of hydrogen-bond donors (Lipinski definition) is 1. The maximum Gasteiger partial charge on any atom is 0.243 e. The summed E-state index contributed by atoms with van der Waals surface area (Å²) in [5.74, 6) is 2.01. The standard InChI is InChI=1S/C26H34N4O2/c1-17-23(18(2)32-29-17)25-28-21-15-9-10-16-22(21)30(25)24(19-11-5-3-6-12-19)26(31)27-20-13-7-4-8-14-20/h9-10,15-16,19-20,24H,3-8,11-14H2,1-2H3,(H,27,31). The lowest BCUT2D eigenvalue weighted by atomic mass is 9.82. The van der Waals surface area contributed by atoms with Gasteiger partial charge in [-0.25, -0.2) is 4.98 Å². The van der Waals surface area contributed by atoms with Gasteiger partial charge in [0.25, 0.3) is 0 Å². The SMILES string of the molecule is Cc1noc(C)c1-c1nc2ccccc2n1C(C(=O)NC1CCCCC1)C1CCCCC1. The number of nitrogens with one attached hydrogen (secondary N) is 1. The van der Waals surface area contributed by atoms with Crippen LogP contribution in [-0.2, 0) is 4.79 Å². The number of hydrogen-bond acceptors (Lipinski definition) is 4. The van der Waals surface area contributed by atoms with Gasteiger partial charge in [0, 0.05) is 6.04 Å². The smallest absolute Gasteiger partial charge is 0.243 e. The molecule has 3 aromatic rings. The summed E-state index contributed by atoms with van der Waals surface area (Å²) in [4.78, 5) is 19.0. The maximum absolute atomic E-state index is 13.9. The maximum atomic E-state index is 13.9. The van der Waals surface area contributed by atoms with E-state index in [0.29, 0.717) is 12.0 Å². The van der Waals surface area contributed by atoms with E-state index in [-0.39, 0.29) is 11.9 Å². The van der Waals surface area contributed by atoms with Crippen molar-refractivity contribution in [2.45, 2.75) is 90.1 Å². The van der Waals surface area contributed by atoms with Crippen LogP contribution in [0.5, 0.6) is 0 Å². The van der Waals surface area contributed by atoms with Crippen molar-refractivity contribution in [3.05, 3.63) is 35.7 Å². The minimum Gasteiger partial charge on any atom is -0.361 e. The number of imidazole rings is 1. The van der Waals surface area contributed by atoms with Crippen LogP contribution >= 0.6 is 0 Å². The Morgan fingerprint density at radius 1 is 1.03 bits per heavy atom. The molecular formula is C26H34N4O2. The van der Waals surface area contributed by atoms with E-state index in [1.807, 2.05) is 32.0 Å². The first-order chi connectivity index (χ1) is 15.6. The van der Waals surface area contributed by atoms with Crippen molar-refractivity contribution in [3.63, 3.8) is 0 Å². The van der Waals surface area contributed by atoms with Gasteiger partial charge >= 0.3 is 0 Å². The van der Waals surface area contributed by atoms with Gasteiger partial charge in [-0.15, -0.1) is 0 Å². The molecule has 0 bridgehead atoms. The Morgan fingerprint density at radius 3 is 2.41 bits per heavy atom. The van der Waals surface area contributed by atoms with E-state index in [1.165, 1.54) is 38.5 Å². The fourth-order valence-electron chi connectivity index (χ4n) is 5.83. The largest absolute Gasteiger partial charge is 0.361 e. The van der Waals surface area contributed by atoms with Crippen LogP contribution < -0.4 is 5.32 Å². The van der Waals surface area contributed by atoms with Crippen LogP contribution in [0.2, 0.25) is 0 Å². The highest BCUT2D eigenvalue weighted by Gasteiger charge is 2.36. The molecule has 1 N–H and O–H groups in total. The van der Waals surface area contributed by atoms with Crippen molar-refractivity contribution in [3.8, 4) is 11.4 Å². The van der Waals surface area contributed by atoms with Crippen molar-refractivity contribution >= 4 is 16.9 Å². The van der Waals surface area contributed by atoms with Crippen molar-refractivity contribution < 1.29 is 9.32 Å². The van der Waals surface area contributed by atoms with Gasteiger partial charge in [-0.2, -0.15) is 0 Å². The summed E-state index contributed by atoms with van der Waals surface area (Å²) in [7, 11) is 0. The minimum atomic E-state index is -0.270. The van der Waals surface area contributed by atoms with E-state index in [2.05, 4.69) is 21.1 Å². The van der Waals surface area contributed by atoms with E-state index in [0.717, 1.165) is 59.6 Å². The predicted molar refractivity (Wildman–Crippen MR) is 125 cm³/mol. The lowest BCUT2D eigenvalue weighted by Crippen LogP contribution is -2.43. The highest BCUT2D eigenvalue weighted by Crippen LogP contribution is 2.39. The Bertz CT molecular complexity index is 1070. The first-order valence-corrected chi connectivity index (χ1v) is 12.3. The zero-order chi connectivity index (χ0) is 22.1. The second-order valence-electron chi connectivity index (χ2n) is 9.68. The van der Waals surface area contributed by atoms with Crippen molar-refractivity contribution in [1.82, 2.24) is 20.0 Å². The van der Waals surface area contributed by atoms with Crippen LogP contribution in [0.3, 0.4) is 0 Å². The number of nitrogens with zero attached hydrogens (tertiary/aromatic N) is 3. The summed E-state index contributed by atoms with van der Waals surface area (Å²) in [6, 6.07) is 8.19. The zero-order valence-corrected chi connectivity index (χ0v) is 19.3. The van der Waals surface area contributed by atoms with Gasteiger partial charge in [-0.05, 0) is 57.6 Å². The van der Waals surface area contributed by atoms with Gasteiger partial charge in [-0.1, -0.05) is 55.8 Å². The molecule has 0 aliphatic heterocycles. The fourth-order valence-corrected chi connectivity index (χ4v) is 5.83. The molecule has 2 aliphatic carbocycles. The lowest BCUT2D eigenvalue weighted by Gasteiger charge is -2.33. The molecule has 0 saturated heterocycles. The van der Waals surface area contributed by atoms with Crippen LogP contribution in [0, 0.1) is 19.8 Å². The second-order valence-corrected chi connectivity index (χ2v) is 9.68. The van der Waals surface area contributed by atoms with Crippen LogP contribution in [0.1, 0.15) is 81.7 Å². The van der Waals surface area contributed by atoms with E-state index in [9.17, 15) is 4.79 Å². The van der Waals surface area contributed by atoms with Gasteiger partial charge < -0.3 is 14.4 Å². The molecule has 1 atom stereocenters. The number of carbonyl (C=O) groups excluding carboxylic acids is 1. The van der Waals surface area contributed by atoms with Crippen LogP contribution in [0.15, 0.2) is 28.8 Å². The molecule has 1 amide bonds. The van der Waals surface area contributed by atoms with E-state index in [1.54, 1.807) is 0 Å². The van der Waals surface area contributed by atoms with Gasteiger partial charge in [0.2, 0.25) is 5.91 Å². The normalized spacial score (nSPS) is 19.3. The summed E-state index contributed by atoms with van der Waals surface area (Å²) < 4.78 is 7.71. The molecule has 6 heteroatoms. The first-order valence-electron chi connectivity index (χ1n) is 12.3. The van der Waals surface area contributed by atoms with Crippen molar-refractivity contribution in [1.29, 1.82) is 0 Å². The van der Waals surface area contributed by atoms with Crippen LogP contribution in [-0.4, -0.2) is 26.7 Å². The van der Waals surface area contributed by atoms with Gasteiger partial charge in [0.15, 0.2) is 0 Å². The summed E-state index contributed by atoms with van der Waals surface area (Å²) in [5, 5.41) is 7.63. The molecule has 2 aliphatic rings. The average molecular weight is 435 g/mol. The molecule has 1 unspecified atom stereocenters. The number of amides is 1. The number of fused-ring (bicyclic) bond motifs is 1. The third kappa shape index (κ3) is 3.96. The highest BCUT2D eigenvalue weighted by molar-refractivity contribution is 5.88. The fraction of sp³-hybridized carbons (Fsp3) is 0.577. The van der Waals surface area contributed by atoms with Crippen molar-refractivity contribution in [2.24, 2.45) is 5.92 Å². The number of carbonyl (C=O) groups is 1. The third-order valence-electron chi connectivity index (χ3n) is 7.45. The second kappa shape index (κ2) is 9.08. The monoisotopic (exact) mass is 434 g/mol. The molecule has 2 fully saturated rings. The molecule has 32 heavy (non-hydrogen) atoms. The summed E-state index contributed by atoms with van der Waals surface area (Å²) in [6.07, 6.45) is 11.7. The Balaban J connectivity index is 1.64. The molecule has 2 aromatic heterocycles. The topological polar surface area (TPSA) is 73.0 Å². The van der Waals surface area contributed by atoms with E-state index < -0.39 is 0 Å². The Hall–Kier alpha value is -2.63. The molecule has 0 spiro atoms. The molecule has 6 nitrogen and oxygen atoms in total.